The molecule has 0 atom stereocenters. The highest BCUT2D eigenvalue weighted by molar-refractivity contribution is 9.10. The smallest absolute Gasteiger partial charge is 0.255 e. The van der Waals surface area contributed by atoms with E-state index in [1.165, 1.54) is 0 Å². The van der Waals surface area contributed by atoms with Gasteiger partial charge in [-0.15, -0.1) is 0 Å². The van der Waals surface area contributed by atoms with Gasteiger partial charge in [-0.25, -0.2) is 0 Å². The number of anilines is 2. The Bertz CT molecular complexity index is 1040. The zero-order chi connectivity index (χ0) is 20.8. The van der Waals surface area contributed by atoms with Gasteiger partial charge in [0.05, 0.1) is 11.1 Å². The highest BCUT2D eigenvalue weighted by atomic mass is 79.9. The van der Waals surface area contributed by atoms with Crippen LogP contribution in [-0.4, -0.2) is 18.4 Å². The van der Waals surface area contributed by atoms with Crippen LogP contribution < -0.4 is 15.4 Å². The summed E-state index contributed by atoms with van der Waals surface area (Å²) in [7, 11) is 0. The lowest BCUT2D eigenvalue weighted by Crippen LogP contribution is -2.13. The Kier molecular flexibility index (Phi) is 6.90. The molecule has 29 heavy (non-hydrogen) atoms. The van der Waals surface area contributed by atoms with Crippen molar-refractivity contribution in [3.05, 3.63) is 87.4 Å². The Hall–Kier alpha value is -2.83. The zero-order valence-electron chi connectivity index (χ0n) is 15.5. The molecule has 0 aliphatic rings. The quantitative estimate of drug-likeness (QED) is 0.461. The predicted octanol–water partition coefficient (Wildman–Crippen LogP) is 6.01. The first-order valence-electron chi connectivity index (χ1n) is 8.87. The fourth-order valence-corrected chi connectivity index (χ4v) is 3.27. The molecule has 3 rings (SSSR count). The Balaban J connectivity index is 1.63. The lowest BCUT2D eigenvalue weighted by molar-refractivity contribution is 0.101. The SMILES string of the molecule is CCOc1ccc(C(=O)Nc2ccc(NC(=O)c3cccc(Cl)c3)cc2)cc1Br. The number of halogens is 2. The molecule has 0 radical (unpaired) electrons. The zero-order valence-corrected chi connectivity index (χ0v) is 17.9. The predicted molar refractivity (Wildman–Crippen MR) is 119 cm³/mol. The Morgan fingerprint density at radius 1 is 0.897 bits per heavy atom. The van der Waals surface area contributed by atoms with Crippen LogP contribution in [0.4, 0.5) is 11.4 Å². The summed E-state index contributed by atoms with van der Waals surface area (Å²) in [5.74, 6) is 0.178. The number of amides is 2. The third kappa shape index (κ3) is 5.59. The van der Waals surface area contributed by atoms with Crippen molar-refractivity contribution in [3.8, 4) is 5.75 Å². The van der Waals surface area contributed by atoms with E-state index >= 15 is 0 Å². The van der Waals surface area contributed by atoms with Gasteiger partial charge in [0, 0.05) is 27.5 Å². The molecule has 3 aromatic rings. The summed E-state index contributed by atoms with van der Waals surface area (Å²) in [6.07, 6.45) is 0. The van der Waals surface area contributed by atoms with Crippen LogP contribution in [0.3, 0.4) is 0 Å². The first-order valence-corrected chi connectivity index (χ1v) is 10.0. The summed E-state index contributed by atoms with van der Waals surface area (Å²) < 4.78 is 6.17. The van der Waals surface area contributed by atoms with Gasteiger partial charge in [-0.3, -0.25) is 9.59 Å². The maximum atomic E-state index is 12.5. The van der Waals surface area contributed by atoms with Crippen molar-refractivity contribution in [2.75, 3.05) is 17.2 Å². The molecule has 3 aromatic carbocycles. The third-order valence-corrected chi connectivity index (χ3v) is 4.84. The van der Waals surface area contributed by atoms with Gasteiger partial charge in [0.2, 0.25) is 0 Å². The number of carbonyl (C=O) groups excluding carboxylic acids is 2. The molecule has 5 nitrogen and oxygen atoms in total. The van der Waals surface area contributed by atoms with E-state index in [9.17, 15) is 9.59 Å². The molecule has 148 valence electrons. The largest absolute Gasteiger partial charge is 0.493 e. The highest BCUT2D eigenvalue weighted by Gasteiger charge is 2.10. The molecule has 0 spiro atoms. The normalized spacial score (nSPS) is 10.3. The Labute approximate surface area is 182 Å². The molecule has 0 fully saturated rings. The number of benzene rings is 3. The highest BCUT2D eigenvalue weighted by Crippen LogP contribution is 2.26. The van der Waals surface area contributed by atoms with Crippen LogP contribution in [0, 0.1) is 0 Å². The standard InChI is InChI=1S/C22H18BrClN2O3/c1-2-29-20-11-6-15(13-19(20)23)22(28)26-18-9-7-17(8-10-18)25-21(27)14-4-3-5-16(24)12-14/h3-13H,2H2,1H3,(H,25,27)(H,26,28). The fraction of sp³-hybridized carbons (Fsp3) is 0.0909. The minimum atomic E-state index is -0.261. The van der Waals surface area contributed by atoms with E-state index < -0.39 is 0 Å². The van der Waals surface area contributed by atoms with Gasteiger partial charge in [-0.05, 0) is 83.5 Å². The fourth-order valence-electron chi connectivity index (χ4n) is 2.59. The van der Waals surface area contributed by atoms with Gasteiger partial charge >= 0.3 is 0 Å². The van der Waals surface area contributed by atoms with Crippen LogP contribution in [-0.2, 0) is 0 Å². The van der Waals surface area contributed by atoms with Crippen molar-refractivity contribution < 1.29 is 14.3 Å². The molecule has 0 saturated heterocycles. The number of rotatable bonds is 6. The second kappa shape index (κ2) is 9.58. The van der Waals surface area contributed by atoms with Crippen LogP contribution in [0.5, 0.6) is 5.75 Å². The van der Waals surface area contributed by atoms with E-state index in [-0.39, 0.29) is 11.8 Å². The number of nitrogens with one attached hydrogen (secondary N) is 2. The van der Waals surface area contributed by atoms with Crippen molar-refractivity contribution in [1.82, 2.24) is 0 Å². The van der Waals surface area contributed by atoms with Gasteiger partial charge in [0.25, 0.3) is 11.8 Å². The van der Waals surface area contributed by atoms with E-state index in [1.807, 2.05) is 6.92 Å². The average Bonchev–Trinajstić information content (AvgIpc) is 2.71. The third-order valence-electron chi connectivity index (χ3n) is 3.98. The summed E-state index contributed by atoms with van der Waals surface area (Å²) in [6.45, 7) is 2.44. The number of hydrogen-bond donors (Lipinski definition) is 2. The summed E-state index contributed by atoms with van der Waals surface area (Å²) in [6, 6.07) is 18.7. The second-order valence-electron chi connectivity index (χ2n) is 6.07. The maximum absolute atomic E-state index is 12.5. The van der Waals surface area contributed by atoms with E-state index in [0.29, 0.717) is 44.4 Å². The van der Waals surface area contributed by atoms with E-state index in [2.05, 4.69) is 26.6 Å². The van der Waals surface area contributed by atoms with Gasteiger partial charge in [-0.1, -0.05) is 17.7 Å². The summed E-state index contributed by atoms with van der Waals surface area (Å²) >= 11 is 9.32. The number of hydrogen-bond acceptors (Lipinski definition) is 3. The van der Waals surface area contributed by atoms with E-state index in [0.717, 1.165) is 0 Å². The average molecular weight is 474 g/mol. The second-order valence-corrected chi connectivity index (χ2v) is 7.36. The minimum absolute atomic E-state index is 0.246. The maximum Gasteiger partial charge on any atom is 0.255 e. The van der Waals surface area contributed by atoms with Gasteiger partial charge in [0.15, 0.2) is 0 Å². The topological polar surface area (TPSA) is 67.4 Å². The monoisotopic (exact) mass is 472 g/mol. The summed E-state index contributed by atoms with van der Waals surface area (Å²) in [5, 5.41) is 6.12. The van der Waals surface area contributed by atoms with Crippen molar-refractivity contribution in [2.24, 2.45) is 0 Å². The van der Waals surface area contributed by atoms with Crippen molar-refractivity contribution >= 4 is 50.7 Å². The molecule has 0 aliphatic carbocycles. The Morgan fingerprint density at radius 3 is 2.00 bits per heavy atom. The minimum Gasteiger partial charge on any atom is -0.493 e. The molecule has 0 saturated carbocycles. The Morgan fingerprint density at radius 2 is 1.48 bits per heavy atom. The first kappa shape index (κ1) is 20.9. The van der Waals surface area contributed by atoms with Crippen molar-refractivity contribution in [3.63, 3.8) is 0 Å². The molecule has 2 amide bonds. The number of ether oxygens (including phenoxy) is 1. The van der Waals surface area contributed by atoms with Crippen LogP contribution in [0.15, 0.2) is 71.2 Å². The van der Waals surface area contributed by atoms with Crippen LogP contribution >= 0.6 is 27.5 Å². The lowest BCUT2D eigenvalue weighted by Gasteiger charge is -2.10. The van der Waals surface area contributed by atoms with Crippen LogP contribution in [0.1, 0.15) is 27.6 Å². The van der Waals surface area contributed by atoms with E-state index in [4.69, 9.17) is 16.3 Å². The summed E-state index contributed by atoms with van der Waals surface area (Å²) in [5.41, 5.74) is 2.19. The van der Waals surface area contributed by atoms with Gasteiger partial charge < -0.3 is 15.4 Å². The van der Waals surface area contributed by atoms with Crippen molar-refractivity contribution in [1.29, 1.82) is 0 Å². The number of carbonyl (C=O) groups is 2. The van der Waals surface area contributed by atoms with Gasteiger partial charge in [-0.2, -0.15) is 0 Å². The molecular weight excluding hydrogens is 456 g/mol. The molecule has 0 heterocycles. The first-order chi connectivity index (χ1) is 14.0. The van der Waals surface area contributed by atoms with Crippen LogP contribution in [0.25, 0.3) is 0 Å². The van der Waals surface area contributed by atoms with Crippen molar-refractivity contribution in [2.45, 2.75) is 6.92 Å². The van der Waals surface area contributed by atoms with E-state index in [1.54, 1.807) is 66.7 Å². The molecular formula is C22H18BrClN2O3. The molecule has 0 unspecified atom stereocenters. The molecule has 0 aliphatic heterocycles. The van der Waals surface area contributed by atoms with Crippen LogP contribution in [0.2, 0.25) is 5.02 Å². The molecule has 7 heteroatoms. The molecule has 0 aromatic heterocycles. The van der Waals surface area contributed by atoms with Gasteiger partial charge in [0.1, 0.15) is 5.75 Å². The molecule has 0 bridgehead atoms. The lowest BCUT2D eigenvalue weighted by atomic mass is 10.2. The molecule has 2 N–H and O–H groups in total. The summed E-state index contributed by atoms with van der Waals surface area (Å²) in [4.78, 5) is 24.7.